The van der Waals surface area contributed by atoms with Crippen molar-refractivity contribution in [2.45, 2.75) is 87.0 Å². The van der Waals surface area contributed by atoms with E-state index in [2.05, 4.69) is 78.8 Å². The number of benzene rings is 1. The predicted octanol–water partition coefficient (Wildman–Crippen LogP) is 9.67. The zero-order chi connectivity index (χ0) is 29.3. The molecule has 1 aromatic carbocycles. The molecule has 0 fully saturated rings. The Balaban J connectivity index is 2.30. The number of hydrogen-bond acceptors (Lipinski definition) is 5. The fourth-order valence-corrected chi connectivity index (χ4v) is 3.97. The standard InChI is InChI=1S/C35H48O5/c1-8-9-10-11-23-38-34-33(39-25-22-29(7)18-13-16-27(4)5)30-19-14-20-31(32(30)40-35(34)36)37-24-21-28(6)17-12-15-26(2)3/h9-10,14-16,19-22H,8,11-13,17-18,23-25H2,1-7H3. The molecule has 0 saturated heterocycles. The predicted molar refractivity (Wildman–Crippen MR) is 168 cm³/mol. The summed E-state index contributed by atoms with van der Waals surface area (Å²) < 4.78 is 23.9. The first-order valence-corrected chi connectivity index (χ1v) is 14.4. The molecule has 0 aliphatic heterocycles. The summed E-state index contributed by atoms with van der Waals surface area (Å²) in [6.07, 6.45) is 18.3. The minimum atomic E-state index is -0.573. The van der Waals surface area contributed by atoms with Crippen LogP contribution in [0.5, 0.6) is 17.2 Å². The highest BCUT2D eigenvalue weighted by Gasteiger charge is 2.20. The molecule has 1 aromatic heterocycles. The molecule has 0 bridgehead atoms. The average Bonchev–Trinajstić information content (AvgIpc) is 2.89. The first kappa shape index (κ1) is 32.7. The Kier molecular flexibility index (Phi) is 14.7. The third-order valence-corrected chi connectivity index (χ3v) is 6.26. The average molecular weight is 549 g/mol. The van der Waals surface area contributed by atoms with Gasteiger partial charge in [0.25, 0.3) is 0 Å². The first-order valence-electron chi connectivity index (χ1n) is 14.4. The first-order chi connectivity index (χ1) is 19.2. The van der Waals surface area contributed by atoms with Crippen LogP contribution >= 0.6 is 0 Å². The molecular weight excluding hydrogens is 500 g/mol. The van der Waals surface area contributed by atoms with Crippen LogP contribution in [0, 0.1) is 0 Å². The van der Waals surface area contributed by atoms with Gasteiger partial charge >= 0.3 is 5.63 Å². The van der Waals surface area contributed by atoms with Gasteiger partial charge in [-0.2, -0.15) is 0 Å². The fraction of sp³-hybridized carbons (Fsp3) is 0.457. The zero-order valence-electron chi connectivity index (χ0n) is 25.6. The van der Waals surface area contributed by atoms with Crippen molar-refractivity contribution in [1.29, 1.82) is 0 Å². The highest BCUT2D eigenvalue weighted by atomic mass is 16.5. The van der Waals surface area contributed by atoms with E-state index in [-0.39, 0.29) is 5.75 Å². The number of ether oxygens (including phenoxy) is 3. The fourth-order valence-electron chi connectivity index (χ4n) is 3.97. The smallest absolute Gasteiger partial charge is 0.383 e. The molecule has 0 aliphatic carbocycles. The summed E-state index contributed by atoms with van der Waals surface area (Å²) in [5, 5.41) is 0.649. The molecule has 2 aromatic rings. The molecule has 0 spiro atoms. The molecule has 0 atom stereocenters. The largest absolute Gasteiger partial charge is 0.486 e. The molecule has 1 heterocycles. The Morgan fingerprint density at radius 2 is 1.38 bits per heavy atom. The van der Waals surface area contributed by atoms with Crippen LogP contribution in [0.3, 0.4) is 0 Å². The molecule has 0 N–H and O–H groups in total. The molecule has 0 radical (unpaired) electrons. The summed E-state index contributed by atoms with van der Waals surface area (Å²) in [7, 11) is 0. The van der Waals surface area contributed by atoms with Crippen molar-refractivity contribution in [3.8, 4) is 17.2 Å². The van der Waals surface area contributed by atoms with Gasteiger partial charge in [0.1, 0.15) is 13.2 Å². The third kappa shape index (κ3) is 11.7. The van der Waals surface area contributed by atoms with Crippen LogP contribution < -0.4 is 19.8 Å². The number of para-hydroxylation sites is 1. The van der Waals surface area contributed by atoms with Gasteiger partial charge in [0, 0.05) is 0 Å². The molecule has 0 unspecified atom stereocenters. The van der Waals surface area contributed by atoms with Crippen molar-refractivity contribution in [2.75, 3.05) is 19.8 Å². The van der Waals surface area contributed by atoms with E-state index in [0.717, 1.165) is 32.1 Å². The van der Waals surface area contributed by atoms with Crippen LogP contribution in [0.2, 0.25) is 0 Å². The highest BCUT2D eigenvalue weighted by molar-refractivity contribution is 5.89. The highest BCUT2D eigenvalue weighted by Crippen LogP contribution is 2.37. The third-order valence-electron chi connectivity index (χ3n) is 6.26. The molecule has 5 heteroatoms. The molecule has 0 saturated carbocycles. The Morgan fingerprint density at radius 3 is 1.98 bits per heavy atom. The minimum absolute atomic E-state index is 0.0974. The van der Waals surface area contributed by atoms with Crippen LogP contribution in [-0.2, 0) is 0 Å². The maximum absolute atomic E-state index is 13.1. The van der Waals surface area contributed by atoms with Gasteiger partial charge in [-0.15, -0.1) is 0 Å². The van der Waals surface area contributed by atoms with Crippen molar-refractivity contribution in [3.05, 3.63) is 87.4 Å². The van der Waals surface area contributed by atoms with E-state index in [1.165, 1.54) is 22.3 Å². The Bertz CT molecular complexity index is 1280. The molecule has 40 heavy (non-hydrogen) atoms. The summed E-state index contributed by atoms with van der Waals surface area (Å²) in [5.41, 5.74) is 4.91. The summed E-state index contributed by atoms with van der Waals surface area (Å²) >= 11 is 0. The number of rotatable bonds is 17. The monoisotopic (exact) mass is 548 g/mol. The summed E-state index contributed by atoms with van der Waals surface area (Å²) in [6, 6.07) is 5.56. The zero-order valence-corrected chi connectivity index (χ0v) is 25.6. The lowest BCUT2D eigenvalue weighted by Crippen LogP contribution is -2.11. The van der Waals surface area contributed by atoms with Gasteiger partial charge in [0.15, 0.2) is 17.1 Å². The van der Waals surface area contributed by atoms with E-state index >= 15 is 0 Å². The maximum atomic E-state index is 13.1. The van der Waals surface area contributed by atoms with Crippen LogP contribution in [0.15, 0.2) is 86.2 Å². The Morgan fingerprint density at radius 1 is 0.750 bits per heavy atom. The SMILES string of the molecule is CCC=CCCOc1c(OCC=C(C)CCC=C(C)C)c2cccc(OCC=C(C)CCC=C(C)C)c2oc1=O. The molecule has 2 rings (SSSR count). The van der Waals surface area contributed by atoms with Gasteiger partial charge in [-0.25, -0.2) is 4.79 Å². The summed E-state index contributed by atoms with van der Waals surface area (Å²) in [5.74, 6) is 0.983. The second-order valence-corrected chi connectivity index (χ2v) is 10.6. The molecule has 0 aliphatic rings. The Labute approximate surface area is 240 Å². The minimum Gasteiger partial charge on any atom is -0.486 e. The maximum Gasteiger partial charge on any atom is 0.383 e. The van der Waals surface area contributed by atoms with Crippen molar-refractivity contribution >= 4 is 11.0 Å². The van der Waals surface area contributed by atoms with E-state index in [1.54, 1.807) is 0 Å². The van der Waals surface area contributed by atoms with E-state index in [9.17, 15) is 4.79 Å². The number of hydrogen-bond donors (Lipinski definition) is 0. The van der Waals surface area contributed by atoms with Crippen LogP contribution in [0.1, 0.15) is 87.0 Å². The van der Waals surface area contributed by atoms with E-state index in [4.69, 9.17) is 18.6 Å². The van der Waals surface area contributed by atoms with Crippen molar-refractivity contribution in [1.82, 2.24) is 0 Å². The summed E-state index contributed by atoms with van der Waals surface area (Å²) in [4.78, 5) is 13.1. The van der Waals surface area contributed by atoms with E-state index in [1.807, 2.05) is 24.3 Å². The quantitative estimate of drug-likeness (QED) is 0.112. The van der Waals surface area contributed by atoms with Crippen molar-refractivity contribution in [3.63, 3.8) is 0 Å². The van der Waals surface area contributed by atoms with Gasteiger partial charge in [-0.05, 0) is 104 Å². The summed E-state index contributed by atoms with van der Waals surface area (Å²) in [6.45, 7) is 15.8. The lowest BCUT2D eigenvalue weighted by Gasteiger charge is -2.14. The molecule has 218 valence electrons. The van der Waals surface area contributed by atoms with E-state index in [0.29, 0.717) is 48.7 Å². The normalized spacial score (nSPS) is 12.1. The van der Waals surface area contributed by atoms with Gasteiger partial charge in [-0.1, -0.05) is 59.6 Å². The van der Waals surface area contributed by atoms with Gasteiger partial charge in [0.05, 0.1) is 12.0 Å². The Hall–Kier alpha value is -3.47. The number of allylic oxidation sites excluding steroid dienone is 7. The van der Waals surface area contributed by atoms with E-state index < -0.39 is 5.63 Å². The van der Waals surface area contributed by atoms with Gasteiger partial charge in [-0.3, -0.25) is 0 Å². The number of fused-ring (bicyclic) bond motifs is 1. The second-order valence-electron chi connectivity index (χ2n) is 10.6. The van der Waals surface area contributed by atoms with Crippen LogP contribution in [-0.4, -0.2) is 19.8 Å². The molecular formula is C35H48O5. The van der Waals surface area contributed by atoms with Crippen molar-refractivity contribution < 1.29 is 18.6 Å². The molecule has 0 amide bonds. The lowest BCUT2D eigenvalue weighted by atomic mass is 10.1. The van der Waals surface area contributed by atoms with Gasteiger partial charge in [0.2, 0.25) is 5.75 Å². The lowest BCUT2D eigenvalue weighted by molar-refractivity contribution is 0.274. The van der Waals surface area contributed by atoms with Gasteiger partial charge < -0.3 is 18.6 Å². The van der Waals surface area contributed by atoms with Crippen LogP contribution in [0.4, 0.5) is 0 Å². The van der Waals surface area contributed by atoms with Crippen molar-refractivity contribution in [2.24, 2.45) is 0 Å². The van der Waals surface area contributed by atoms with Crippen LogP contribution in [0.25, 0.3) is 11.0 Å². The molecule has 5 nitrogen and oxygen atoms in total. The topological polar surface area (TPSA) is 57.9 Å². The second kappa shape index (κ2) is 18.0.